The Bertz CT molecular complexity index is 1360. The van der Waals surface area contributed by atoms with Gasteiger partial charge in [-0.1, -0.05) is 115 Å². The van der Waals surface area contributed by atoms with Gasteiger partial charge in [-0.2, -0.15) is 0 Å². The van der Waals surface area contributed by atoms with Gasteiger partial charge in [0.2, 0.25) is 0 Å². The van der Waals surface area contributed by atoms with Crippen molar-refractivity contribution in [1.82, 2.24) is 0 Å². The molecule has 2 aromatic carbocycles. The minimum atomic E-state index is 0.237. The summed E-state index contributed by atoms with van der Waals surface area (Å²) in [5.74, 6) is 0.237. The van der Waals surface area contributed by atoms with Crippen LogP contribution in [0.3, 0.4) is 0 Å². The first-order valence-corrected chi connectivity index (χ1v) is 12.8. The molecule has 0 fully saturated rings. The molecule has 3 aliphatic carbocycles. The minimum absolute atomic E-state index is 0.237. The molecule has 0 nitrogen and oxygen atoms in total. The molecular weight excluding hydrogens is 420 g/mol. The lowest BCUT2D eigenvalue weighted by Crippen LogP contribution is -2.05. The van der Waals surface area contributed by atoms with E-state index in [1.165, 1.54) is 55.7 Å². The fourth-order valence-electron chi connectivity index (χ4n) is 5.46. The Morgan fingerprint density at radius 1 is 0.857 bits per heavy atom. The van der Waals surface area contributed by atoms with Crippen molar-refractivity contribution in [3.05, 3.63) is 148 Å². The van der Waals surface area contributed by atoms with Crippen molar-refractivity contribution in [2.45, 2.75) is 46.0 Å². The fraction of sp³-hybridized carbons (Fsp3) is 0.200. The van der Waals surface area contributed by atoms with Gasteiger partial charge in [-0.3, -0.25) is 0 Å². The molecule has 0 heteroatoms. The van der Waals surface area contributed by atoms with Crippen molar-refractivity contribution >= 4 is 5.57 Å². The molecule has 174 valence electrons. The fourth-order valence-corrected chi connectivity index (χ4v) is 5.46. The third kappa shape index (κ3) is 4.66. The Morgan fingerprint density at radius 2 is 1.69 bits per heavy atom. The number of benzene rings is 2. The van der Waals surface area contributed by atoms with Gasteiger partial charge in [-0.15, -0.1) is 0 Å². The highest BCUT2D eigenvalue weighted by Crippen LogP contribution is 2.47. The minimum Gasteiger partial charge on any atom is -0.0877 e. The first kappa shape index (κ1) is 23.1. The lowest BCUT2D eigenvalue weighted by Gasteiger charge is -2.25. The van der Waals surface area contributed by atoms with E-state index in [4.69, 9.17) is 0 Å². The molecule has 0 spiro atoms. The van der Waals surface area contributed by atoms with Crippen LogP contribution in [0.25, 0.3) is 16.7 Å². The second-order valence-corrected chi connectivity index (χ2v) is 9.63. The summed E-state index contributed by atoms with van der Waals surface area (Å²) in [5.41, 5.74) is 13.7. The highest BCUT2D eigenvalue weighted by Gasteiger charge is 2.28. The molecule has 0 bridgehead atoms. The summed E-state index contributed by atoms with van der Waals surface area (Å²) in [6.45, 7) is 6.49. The average Bonchev–Trinajstić information content (AvgIpc) is 3.04. The summed E-state index contributed by atoms with van der Waals surface area (Å²) in [7, 11) is 0. The summed E-state index contributed by atoms with van der Waals surface area (Å²) in [6, 6.07) is 15.9. The number of hydrogen-bond donors (Lipinski definition) is 0. The molecule has 0 N–H and O–H groups in total. The third-order valence-corrected chi connectivity index (χ3v) is 7.24. The topological polar surface area (TPSA) is 0 Å². The lowest BCUT2D eigenvalue weighted by atomic mass is 9.79. The summed E-state index contributed by atoms with van der Waals surface area (Å²) in [5, 5.41) is 0. The zero-order valence-electron chi connectivity index (χ0n) is 21.1. The molecule has 0 radical (unpaired) electrons. The van der Waals surface area contributed by atoms with Crippen molar-refractivity contribution in [3.63, 3.8) is 0 Å². The Morgan fingerprint density at radius 3 is 2.49 bits per heavy atom. The molecule has 35 heavy (non-hydrogen) atoms. The zero-order chi connectivity index (χ0) is 24.2. The summed E-state index contributed by atoms with van der Waals surface area (Å²) >= 11 is 0. The van der Waals surface area contributed by atoms with Crippen LogP contribution in [-0.2, 0) is 0 Å². The molecular formula is C35H34. The predicted molar refractivity (Wildman–Crippen MR) is 152 cm³/mol. The Hall–Kier alpha value is -3.64. The van der Waals surface area contributed by atoms with Gasteiger partial charge < -0.3 is 0 Å². The molecule has 3 aliphatic rings. The van der Waals surface area contributed by atoms with Crippen molar-refractivity contribution in [2.75, 3.05) is 0 Å². The maximum absolute atomic E-state index is 2.47. The second-order valence-electron chi connectivity index (χ2n) is 9.63. The van der Waals surface area contributed by atoms with Crippen LogP contribution in [0.4, 0.5) is 0 Å². The summed E-state index contributed by atoms with van der Waals surface area (Å²) < 4.78 is 0. The molecule has 0 amide bonds. The van der Waals surface area contributed by atoms with Crippen LogP contribution >= 0.6 is 0 Å². The van der Waals surface area contributed by atoms with Crippen LogP contribution in [0.2, 0.25) is 0 Å². The van der Waals surface area contributed by atoms with Gasteiger partial charge in [-0.05, 0) is 90.2 Å². The van der Waals surface area contributed by atoms with Crippen LogP contribution in [-0.4, -0.2) is 0 Å². The van der Waals surface area contributed by atoms with E-state index in [1.807, 2.05) is 0 Å². The molecule has 0 heterocycles. The lowest BCUT2D eigenvalue weighted by molar-refractivity contribution is 1.000. The Balaban J connectivity index is 1.75. The van der Waals surface area contributed by atoms with Gasteiger partial charge in [0.1, 0.15) is 0 Å². The Labute approximate surface area is 210 Å². The molecule has 0 saturated carbocycles. The first-order chi connectivity index (χ1) is 17.2. The molecule has 0 aliphatic heterocycles. The largest absolute Gasteiger partial charge is 0.0877 e. The molecule has 1 unspecified atom stereocenters. The summed E-state index contributed by atoms with van der Waals surface area (Å²) in [6.07, 6.45) is 28.1. The van der Waals surface area contributed by atoms with E-state index in [9.17, 15) is 0 Å². The monoisotopic (exact) mass is 454 g/mol. The van der Waals surface area contributed by atoms with Crippen molar-refractivity contribution in [3.8, 4) is 11.1 Å². The van der Waals surface area contributed by atoms with Crippen LogP contribution in [0, 0.1) is 6.92 Å². The summed E-state index contributed by atoms with van der Waals surface area (Å²) in [4.78, 5) is 0. The third-order valence-electron chi connectivity index (χ3n) is 7.24. The van der Waals surface area contributed by atoms with Gasteiger partial charge in [-0.25, -0.2) is 0 Å². The molecule has 1 atom stereocenters. The zero-order valence-corrected chi connectivity index (χ0v) is 21.1. The Kier molecular flexibility index (Phi) is 6.82. The van der Waals surface area contributed by atoms with E-state index in [0.29, 0.717) is 0 Å². The van der Waals surface area contributed by atoms with E-state index in [0.717, 1.165) is 19.3 Å². The predicted octanol–water partition coefficient (Wildman–Crippen LogP) is 9.75. The van der Waals surface area contributed by atoms with E-state index in [1.54, 1.807) is 0 Å². The first-order valence-electron chi connectivity index (χ1n) is 12.8. The van der Waals surface area contributed by atoms with Crippen molar-refractivity contribution < 1.29 is 0 Å². The standard InChI is InChI=1S/C35H34/c1-4-5-7-14-28-24-34(32-17-9-6-8-16-30(28)32)33-19-12-18-31(27-22-20-25(2)21-23-27)35(33)29-15-11-10-13-26(29)3/h4-5,7-10,12-14,16-24,34H,6,11,15H2,1-3H3/b5-4-,14-7-. The molecule has 2 aromatic rings. The van der Waals surface area contributed by atoms with Gasteiger partial charge in [0.05, 0.1) is 0 Å². The van der Waals surface area contributed by atoms with E-state index >= 15 is 0 Å². The molecule has 0 aromatic heterocycles. The molecule has 0 saturated heterocycles. The maximum atomic E-state index is 2.47. The van der Waals surface area contributed by atoms with E-state index < -0.39 is 0 Å². The number of rotatable bonds is 5. The van der Waals surface area contributed by atoms with Gasteiger partial charge in [0.25, 0.3) is 0 Å². The SMILES string of the molecule is C/C=C\C=C/C1=CC(c2cccc(-c3ccc(C)cc3)c2C2=C(C)C=CCC2)C2=C1C=CCC=C2. The normalized spacial score (nSPS) is 19.7. The highest BCUT2D eigenvalue weighted by molar-refractivity contribution is 5.87. The van der Waals surface area contributed by atoms with E-state index in [-0.39, 0.29) is 5.92 Å². The quantitative estimate of drug-likeness (QED) is 0.394. The number of aryl methyl sites for hydroxylation is 1. The highest BCUT2D eigenvalue weighted by atomic mass is 14.3. The maximum Gasteiger partial charge on any atom is 0.0290 e. The van der Waals surface area contributed by atoms with Crippen LogP contribution in [0.15, 0.2) is 132 Å². The van der Waals surface area contributed by atoms with Gasteiger partial charge in [0, 0.05) is 5.92 Å². The smallest absolute Gasteiger partial charge is 0.0290 e. The van der Waals surface area contributed by atoms with Crippen molar-refractivity contribution in [2.24, 2.45) is 0 Å². The van der Waals surface area contributed by atoms with Gasteiger partial charge in [0.15, 0.2) is 0 Å². The number of hydrogen-bond acceptors (Lipinski definition) is 0. The van der Waals surface area contributed by atoms with Crippen LogP contribution < -0.4 is 0 Å². The second kappa shape index (κ2) is 10.3. The van der Waals surface area contributed by atoms with Gasteiger partial charge >= 0.3 is 0 Å². The van der Waals surface area contributed by atoms with Crippen molar-refractivity contribution in [1.29, 1.82) is 0 Å². The molecule has 5 rings (SSSR count). The van der Waals surface area contributed by atoms with Crippen LogP contribution in [0.5, 0.6) is 0 Å². The van der Waals surface area contributed by atoms with E-state index in [2.05, 4.69) is 130 Å². The average molecular weight is 455 g/mol. The number of allylic oxidation sites excluding steroid dienone is 16. The van der Waals surface area contributed by atoms with Crippen LogP contribution in [0.1, 0.15) is 55.7 Å².